The van der Waals surface area contributed by atoms with E-state index in [1.807, 2.05) is 0 Å². The molecule has 0 unspecified atom stereocenters. The predicted octanol–water partition coefficient (Wildman–Crippen LogP) is 0.804. The summed E-state index contributed by atoms with van der Waals surface area (Å²) in [4.78, 5) is 36.2. The second kappa shape index (κ2) is 4.96. The molecular formula is C12H18N2O4. The number of carbonyl (C=O) groups is 3. The predicted molar refractivity (Wildman–Crippen MR) is 62.7 cm³/mol. The average Bonchev–Trinajstić information content (AvgIpc) is 2.90. The SMILES string of the molecule is COC(=O)CCCN1C(=O)NC2(CCCC2)C1=O. The zero-order chi connectivity index (χ0) is 13.2. The van der Waals surface area contributed by atoms with Crippen LogP contribution in [0.25, 0.3) is 0 Å². The van der Waals surface area contributed by atoms with E-state index in [-0.39, 0.29) is 30.9 Å². The first-order chi connectivity index (χ1) is 8.59. The van der Waals surface area contributed by atoms with Gasteiger partial charge in [-0.15, -0.1) is 0 Å². The van der Waals surface area contributed by atoms with E-state index in [0.29, 0.717) is 6.42 Å². The van der Waals surface area contributed by atoms with Gasteiger partial charge >= 0.3 is 12.0 Å². The standard InChI is InChI=1S/C12H18N2O4/c1-18-9(15)5-4-8-14-10(16)12(13-11(14)17)6-2-3-7-12/h2-8H2,1H3,(H,13,17). The fraction of sp³-hybridized carbons (Fsp3) is 0.750. The molecule has 100 valence electrons. The lowest BCUT2D eigenvalue weighted by atomic mass is 9.98. The van der Waals surface area contributed by atoms with Gasteiger partial charge in [-0.3, -0.25) is 14.5 Å². The van der Waals surface area contributed by atoms with Crippen LogP contribution in [0.5, 0.6) is 0 Å². The van der Waals surface area contributed by atoms with Crippen molar-refractivity contribution in [1.29, 1.82) is 0 Å². The molecule has 1 spiro atoms. The van der Waals surface area contributed by atoms with Gasteiger partial charge in [-0.05, 0) is 19.3 Å². The van der Waals surface area contributed by atoms with Gasteiger partial charge in [0.25, 0.3) is 5.91 Å². The van der Waals surface area contributed by atoms with Gasteiger partial charge in [-0.2, -0.15) is 0 Å². The second-order valence-electron chi connectivity index (χ2n) is 4.86. The molecule has 0 bridgehead atoms. The van der Waals surface area contributed by atoms with Crippen LogP contribution >= 0.6 is 0 Å². The zero-order valence-electron chi connectivity index (χ0n) is 10.5. The zero-order valence-corrected chi connectivity index (χ0v) is 10.5. The largest absolute Gasteiger partial charge is 0.469 e. The molecule has 6 nitrogen and oxygen atoms in total. The number of hydrogen-bond acceptors (Lipinski definition) is 4. The molecule has 3 amide bonds. The highest BCUT2D eigenvalue weighted by Gasteiger charge is 2.51. The highest BCUT2D eigenvalue weighted by atomic mass is 16.5. The lowest BCUT2D eigenvalue weighted by molar-refractivity contribution is -0.141. The normalized spacial score (nSPS) is 21.5. The maximum absolute atomic E-state index is 12.2. The number of nitrogens with zero attached hydrogens (tertiary/aromatic N) is 1. The quantitative estimate of drug-likeness (QED) is 0.595. The molecule has 0 aromatic rings. The summed E-state index contributed by atoms with van der Waals surface area (Å²) in [5.41, 5.74) is -0.650. The maximum atomic E-state index is 12.2. The van der Waals surface area contributed by atoms with E-state index in [1.54, 1.807) is 0 Å². The van der Waals surface area contributed by atoms with Gasteiger partial charge < -0.3 is 10.1 Å². The third-order valence-corrected chi connectivity index (χ3v) is 3.69. The average molecular weight is 254 g/mol. The third-order valence-electron chi connectivity index (χ3n) is 3.69. The Kier molecular flexibility index (Phi) is 3.54. The Labute approximate surface area is 106 Å². The minimum atomic E-state index is -0.650. The highest BCUT2D eigenvalue weighted by Crippen LogP contribution is 2.35. The van der Waals surface area contributed by atoms with Crippen molar-refractivity contribution < 1.29 is 19.1 Å². The molecule has 1 saturated carbocycles. The molecule has 0 radical (unpaired) electrons. The van der Waals surface area contributed by atoms with Crippen LogP contribution in [-0.4, -0.2) is 42.0 Å². The molecule has 1 saturated heterocycles. The molecule has 1 heterocycles. The van der Waals surface area contributed by atoms with Crippen LogP contribution < -0.4 is 5.32 Å². The number of ether oxygens (including phenoxy) is 1. The van der Waals surface area contributed by atoms with Crippen LogP contribution in [0.1, 0.15) is 38.5 Å². The summed E-state index contributed by atoms with van der Waals surface area (Å²) < 4.78 is 4.52. The number of imide groups is 1. The Morgan fingerprint density at radius 3 is 2.67 bits per heavy atom. The van der Waals surface area contributed by atoms with E-state index >= 15 is 0 Å². The summed E-state index contributed by atoms with van der Waals surface area (Å²) >= 11 is 0. The Morgan fingerprint density at radius 1 is 1.39 bits per heavy atom. The maximum Gasteiger partial charge on any atom is 0.325 e. The number of hydrogen-bond donors (Lipinski definition) is 1. The molecule has 6 heteroatoms. The fourth-order valence-electron chi connectivity index (χ4n) is 2.68. The minimum absolute atomic E-state index is 0.130. The number of rotatable bonds is 4. The van der Waals surface area contributed by atoms with Crippen LogP contribution in [0.15, 0.2) is 0 Å². The molecule has 1 aliphatic carbocycles. The van der Waals surface area contributed by atoms with Crippen molar-refractivity contribution >= 4 is 17.9 Å². The van der Waals surface area contributed by atoms with E-state index in [1.165, 1.54) is 12.0 Å². The van der Waals surface area contributed by atoms with Crippen LogP contribution in [0, 0.1) is 0 Å². The van der Waals surface area contributed by atoms with Gasteiger partial charge in [0, 0.05) is 13.0 Å². The van der Waals surface area contributed by atoms with E-state index in [4.69, 9.17) is 0 Å². The summed E-state index contributed by atoms with van der Waals surface area (Å²) in [5.74, 6) is -0.451. The van der Waals surface area contributed by atoms with Crippen molar-refractivity contribution in [3.63, 3.8) is 0 Å². The number of carbonyl (C=O) groups excluding carboxylic acids is 3. The van der Waals surface area contributed by atoms with E-state index in [0.717, 1.165) is 25.7 Å². The minimum Gasteiger partial charge on any atom is -0.469 e. The lowest BCUT2D eigenvalue weighted by Crippen LogP contribution is -2.44. The number of esters is 1. The molecule has 0 aromatic heterocycles. The first-order valence-corrected chi connectivity index (χ1v) is 6.30. The van der Waals surface area contributed by atoms with Crippen molar-refractivity contribution in [2.75, 3.05) is 13.7 Å². The molecule has 2 fully saturated rings. The van der Waals surface area contributed by atoms with Crippen LogP contribution in [0.2, 0.25) is 0 Å². The summed E-state index contributed by atoms with van der Waals surface area (Å²) in [6.07, 6.45) is 4.07. The molecule has 2 rings (SSSR count). The van der Waals surface area contributed by atoms with Crippen LogP contribution in [0.3, 0.4) is 0 Å². The third kappa shape index (κ3) is 2.19. The first kappa shape index (κ1) is 12.9. The van der Waals surface area contributed by atoms with Gasteiger partial charge in [0.05, 0.1) is 7.11 Å². The molecule has 1 aliphatic heterocycles. The molecule has 1 N–H and O–H groups in total. The fourth-order valence-corrected chi connectivity index (χ4v) is 2.68. The van der Waals surface area contributed by atoms with E-state index in [9.17, 15) is 14.4 Å². The second-order valence-corrected chi connectivity index (χ2v) is 4.86. The van der Waals surface area contributed by atoms with Crippen LogP contribution in [0.4, 0.5) is 4.79 Å². The molecule has 0 atom stereocenters. The topological polar surface area (TPSA) is 75.7 Å². The van der Waals surface area contributed by atoms with Crippen molar-refractivity contribution in [1.82, 2.24) is 10.2 Å². The Balaban J connectivity index is 1.91. The smallest absolute Gasteiger partial charge is 0.325 e. The summed E-state index contributed by atoms with van der Waals surface area (Å²) in [6.45, 7) is 0.279. The highest BCUT2D eigenvalue weighted by molar-refractivity contribution is 6.07. The van der Waals surface area contributed by atoms with Crippen molar-refractivity contribution in [2.24, 2.45) is 0 Å². The van der Waals surface area contributed by atoms with Gasteiger partial charge in [0.1, 0.15) is 5.54 Å². The summed E-state index contributed by atoms with van der Waals surface area (Å²) in [5, 5.41) is 2.80. The number of urea groups is 1. The molecule has 2 aliphatic rings. The van der Waals surface area contributed by atoms with Gasteiger partial charge in [-0.1, -0.05) is 12.8 Å². The van der Waals surface area contributed by atoms with E-state index in [2.05, 4.69) is 10.1 Å². The Hall–Kier alpha value is -1.59. The van der Waals surface area contributed by atoms with Crippen LogP contribution in [-0.2, 0) is 14.3 Å². The van der Waals surface area contributed by atoms with E-state index < -0.39 is 5.54 Å². The van der Waals surface area contributed by atoms with Gasteiger partial charge in [-0.25, -0.2) is 4.79 Å². The number of methoxy groups -OCH3 is 1. The summed E-state index contributed by atoms with van der Waals surface area (Å²) in [7, 11) is 1.32. The number of nitrogens with one attached hydrogen (secondary N) is 1. The lowest BCUT2D eigenvalue weighted by Gasteiger charge is -2.19. The molecule has 0 aromatic carbocycles. The molecular weight excluding hydrogens is 236 g/mol. The van der Waals surface area contributed by atoms with Crippen molar-refractivity contribution in [3.05, 3.63) is 0 Å². The van der Waals surface area contributed by atoms with Gasteiger partial charge in [0.15, 0.2) is 0 Å². The Bertz CT molecular complexity index is 374. The molecule has 18 heavy (non-hydrogen) atoms. The first-order valence-electron chi connectivity index (χ1n) is 6.30. The van der Waals surface area contributed by atoms with Crippen molar-refractivity contribution in [2.45, 2.75) is 44.1 Å². The van der Waals surface area contributed by atoms with Gasteiger partial charge in [0.2, 0.25) is 0 Å². The Morgan fingerprint density at radius 2 is 2.06 bits per heavy atom. The summed E-state index contributed by atoms with van der Waals surface area (Å²) in [6, 6.07) is -0.327. The van der Waals surface area contributed by atoms with Crippen molar-refractivity contribution in [3.8, 4) is 0 Å². The monoisotopic (exact) mass is 254 g/mol. The number of amides is 3.